The Balaban J connectivity index is 2.15. The third kappa shape index (κ3) is 5.23. The first-order valence-electron chi connectivity index (χ1n) is 6.09. The van der Waals surface area contributed by atoms with Gasteiger partial charge in [-0.1, -0.05) is 17.7 Å². The highest BCUT2D eigenvalue weighted by Gasteiger charge is 2.27. The van der Waals surface area contributed by atoms with Gasteiger partial charge in [0.15, 0.2) is 0 Å². The van der Waals surface area contributed by atoms with E-state index in [-0.39, 0.29) is 5.84 Å². The van der Waals surface area contributed by atoms with Crippen molar-refractivity contribution < 1.29 is 13.2 Å². The molecule has 8 heteroatoms. The second kappa shape index (κ2) is 7.02. The van der Waals surface area contributed by atoms with Crippen LogP contribution in [0.25, 0.3) is 0 Å². The summed E-state index contributed by atoms with van der Waals surface area (Å²) in [4.78, 5) is 8.54. The first kappa shape index (κ1) is 16.6. The minimum absolute atomic E-state index is 0.210. The molecule has 0 radical (unpaired) electrons. The Labute approximate surface area is 134 Å². The minimum Gasteiger partial charge on any atom is -0.383 e. The van der Waals surface area contributed by atoms with Crippen molar-refractivity contribution in [3.63, 3.8) is 0 Å². The smallest absolute Gasteiger partial charge is 0.383 e. The predicted molar refractivity (Wildman–Crippen MR) is 82.9 cm³/mol. The zero-order chi connectivity index (χ0) is 16.2. The van der Waals surface area contributed by atoms with Gasteiger partial charge in [0.25, 0.3) is 0 Å². The van der Waals surface area contributed by atoms with Crippen LogP contribution < -0.4 is 5.73 Å². The molecule has 0 bridgehead atoms. The van der Waals surface area contributed by atoms with Crippen molar-refractivity contribution in [3.05, 3.63) is 53.3 Å². The summed E-state index contributed by atoms with van der Waals surface area (Å²) in [5, 5.41) is 0.335. The second-order valence-corrected chi connectivity index (χ2v) is 5.70. The third-order valence-corrected chi connectivity index (χ3v) is 3.78. The van der Waals surface area contributed by atoms with Crippen molar-refractivity contribution in [2.45, 2.75) is 11.1 Å². The van der Waals surface area contributed by atoms with Gasteiger partial charge in [0.1, 0.15) is 11.0 Å². The van der Waals surface area contributed by atoms with Crippen molar-refractivity contribution in [1.29, 1.82) is 0 Å². The Morgan fingerprint density at radius 1 is 1.27 bits per heavy atom. The van der Waals surface area contributed by atoms with E-state index in [1.54, 1.807) is 36.4 Å². The molecule has 1 aromatic heterocycles. The molecule has 0 aliphatic carbocycles. The Hall–Kier alpha value is -1.73. The Kier molecular flexibility index (Phi) is 5.31. The van der Waals surface area contributed by atoms with E-state index < -0.39 is 11.9 Å². The number of pyridine rings is 1. The summed E-state index contributed by atoms with van der Waals surface area (Å²) in [6.07, 6.45) is -2.73. The molecule has 1 aromatic carbocycles. The molecule has 0 amide bonds. The van der Waals surface area contributed by atoms with Gasteiger partial charge in [-0.15, -0.1) is 11.8 Å². The number of aliphatic imine (C=N–C) groups is 1. The summed E-state index contributed by atoms with van der Waals surface area (Å²) in [5.41, 5.74) is 6.90. The number of thioether (sulfide) groups is 1. The standard InChI is InChI=1S/C14H11ClF3N3S/c15-12-5-4-9(7-20-12)13(19)21-10-2-1-3-11(6-10)22-8-14(16,17)18/h1-7H,8H2,(H2,19,21). The number of rotatable bonds is 4. The molecule has 2 N–H and O–H groups in total. The number of alkyl halides is 3. The summed E-state index contributed by atoms with van der Waals surface area (Å²) in [6.45, 7) is 0. The average molecular weight is 346 g/mol. The molecule has 0 aliphatic rings. The number of amidine groups is 1. The van der Waals surface area contributed by atoms with E-state index >= 15 is 0 Å². The van der Waals surface area contributed by atoms with E-state index in [4.69, 9.17) is 17.3 Å². The van der Waals surface area contributed by atoms with Gasteiger partial charge in [0, 0.05) is 16.7 Å². The fourth-order valence-corrected chi connectivity index (χ4v) is 2.36. The molecule has 116 valence electrons. The van der Waals surface area contributed by atoms with Crippen LogP contribution in [0.3, 0.4) is 0 Å². The number of nitrogens with two attached hydrogens (primary N) is 1. The van der Waals surface area contributed by atoms with Crippen LogP contribution in [-0.4, -0.2) is 22.7 Å². The number of nitrogens with zero attached hydrogens (tertiary/aromatic N) is 2. The van der Waals surface area contributed by atoms with Gasteiger partial charge >= 0.3 is 6.18 Å². The van der Waals surface area contributed by atoms with Crippen molar-refractivity contribution in [2.24, 2.45) is 10.7 Å². The number of hydrogen-bond donors (Lipinski definition) is 1. The monoisotopic (exact) mass is 345 g/mol. The number of aromatic nitrogens is 1. The third-order valence-electron chi connectivity index (χ3n) is 2.49. The first-order chi connectivity index (χ1) is 10.3. The zero-order valence-corrected chi connectivity index (χ0v) is 12.7. The molecule has 2 rings (SSSR count). The van der Waals surface area contributed by atoms with Crippen molar-refractivity contribution in [1.82, 2.24) is 4.98 Å². The van der Waals surface area contributed by atoms with Crippen molar-refractivity contribution in [2.75, 3.05) is 5.75 Å². The van der Waals surface area contributed by atoms with E-state index in [0.29, 0.717) is 33.1 Å². The van der Waals surface area contributed by atoms with Crippen LogP contribution in [0.4, 0.5) is 18.9 Å². The summed E-state index contributed by atoms with van der Waals surface area (Å²) in [7, 11) is 0. The Bertz CT molecular complexity index is 672. The maximum absolute atomic E-state index is 12.2. The Morgan fingerprint density at radius 3 is 2.68 bits per heavy atom. The largest absolute Gasteiger partial charge is 0.398 e. The van der Waals surface area contributed by atoms with Gasteiger partial charge in [0.2, 0.25) is 0 Å². The van der Waals surface area contributed by atoms with E-state index in [9.17, 15) is 13.2 Å². The molecule has 0 saturated heterocycles. The predicted octanol–water partition coefficient (Wildman–Crippen LogP) is 4.43. The van der Waals surface area contributed by atoms with Gasteiger partial charge in [-0.05, 0) is 30.3 Å². The lowest BCUT2D eigenvalue weighted by Crippen LogP contribution is -2.13. The van der Waals surface area contributed by atoms with Crippen LogP contribution >= 0.6 is 23.4 Å². The quantitative estimate of drug-likeness (QED) is 0.386. The van der Waals surface area contributed by atoms with Gasteiger partial charge in [-0.25, -0.2) is 9.98 Å². The Morgan fingerprint density at radius 2 is 2.05 bits per heavy atom. The van der Waals surface area contributed by atoms with Crippen molar-refractivity contribution >= 4 is 34.9 Å². The van der Waals surface area contributed by atoms with E-state index in [1.807, 2.05) is 0 Å². The minimum atomic E-state index is -4.21. The van der Waals surface area contributed by atoms with Crippen LogP contribution in [0.5, 0.6) is 0 Å². The van der Waals surface area contributed by atoms with E-state index in [0.717, 1.165) is 0 Å². The lowest BCUT2D eigenvalue weighted by molar-refractivity contribution is -0.105. The molecule has 0 saturated carbocycles. The normalized spacial score (nSPS) is 12.5. The highest BCUT2D eigenvalue weighted by molar-refractivity contribution is 7.99. The fraction of sp³-hybridized carbons (Fsp3) is 0.143. The number of hydrogen-bond acceptors (Lipinski definition) is 3. The zero-order valence-electron chi connectivity index (χ0n) is 11.1. The van der Waals surface area contributed by atoms with Crippen LogP contribution in [-0.2, 0) is 0 Å². The van der Waals surface area contributed by atoms with Crippen LogP contribution in [0.2, 0.25) is 5.15 Å². The highest BCUT2D eigenvalue weighted by Crippen LogP contribution is 2.29. The molecule has 0 fully saturated rings. The molecular formula is C14H11ClF3N3S. The summed E-state index contributed by atoms with van der Waals surface area (Å²) >= 11 is 6.38. The van der Waals surface area contributed by atoms with Crippen LogP contribution in [0.1, 0.15) is 5.56 Å². The molecular weight excluding hydrogens is 335 g/mol. The number of halogens is 4. The lowest BCUT2D eigenvalue weighted by atomic mass is 10.2. The molecule has 0 aliphatic heterocycles. The van der Waals surface area contributed by atoms with Crippen molar-refractivity contribution in [3.8, 4) is 0 Å². The van der Waals surface area contributed by atoms with Gasteiger partial charge in [0.05, 0.1) is 11.4 Å². The first-order valence-corrected chi connectivity index (χ1v) is 7.45. The molecule has 1 heterocycles. The molecule has 22 heavy (non-hydrogen) atoms. The topological polar surface area (TPSA) is 51.3 Å². The summed E-state index contributed by atoms with van der Waals surface area (Å²) in [5.74, 6) is -0.737. The van der Waals surface area contributed by atoms with Gasteiger partial charge in [-0.2, -0.15) is 13.2 Å². The van der Waals surface area contributed by atoms with E-state index in [2.05, 4.69) is 9.98 Å². The highest BCUT2D eigenvalue weighted by atomic mass is 35.5. The second-order valence-electron chi connectivity index (χ2n) is 4.27. The number of benzene rings is 1. The SMILES string of the molecule is NC(=Nc1cccc(SCC(F)(F)F)c1)c1ccc(Cl)nc1. The molecule has 0 unspecified atom stereocenters. The van der Waals surface area contributed by atoms with Gasteiger partial charge in [-0.3, -0.25) is 0 Å². The van der Waals surface area contributed by atoms with Gasteiger partial charge < -0.3 is 5.73 Å². The molecule has 0 spiro atoms. The maximum atomic E-state index is 12.2. The average Bonchev–Trinajstić information content (AvgIpc) is 2.45. The van der Waals surface area contributed by atoms with E-state index in [1.165, 1.54) is 6.20 Å². The van der Waals surface area contributed by atoms with Crippen LogP contribution in [0, 0.1) is 0 Å². The molecule has 2 aromatic rings. The summed E-state index contributed by atoms with van der Waals surface area (Å²) in [6, 6.07) is 9.67. The molecule has 3 nitrogen and oxygen atoms in total. The summed E-state index contributed by atoms with van der Waals surface area (Å²) < 4.78 is 36.7. The lowest BCUT2D eigenvalue weighted by Gasteiger charge is -2.06. The molecule has 0 atom stereocenters. The maximum Gasteiger partial charge on any atom is 0.398 e. The fourth-order valence-electron chi connectivity index (χ4n) is 1.54. The van der Waals surface area contributed by atoms with Crippen LogP contribution in [0.15, 0.2) is 52.5 Å².